The third-order valence-electron chi connectivity index (χ3n) is 12.2. The Morgan fingerprint density at radius 3 is 2.66 bits per heavy atom. The van der Waals surface area contributed by atoms with Gasteiger partial charge in [-0.1, -0.05) is 39.4 Å². The largest absolute Gasteiger partial charge is 0.465 e. The van der Waals surface area contributed by atoms with Gasteiger partial charge in [-0.15, -0.1) is 15.8 Å². The van der Waals surface area contributed by atoms with Gasteiger partial charge in [0.2, 0.25) is 11.9 Å². The smallest absolute Gasteiger partial charge is 0.305 e. The van der Waals surface area contributed by atoms with Crippen molar-refractivity contribution in [3.05, 3.63) is 70.1 Å². The van der Waals surface area contributed by atoms with E-state index in [2.05, 4.69) is 64.5 Å². The number of amides is 2. The Balaban J connectivity index is 1.29. The Morgan fingerprint density at radius 2 is 1.92 bits per heavy atom. The highest BCUT2D eigenvalue weighted by Crippen LogP contribution is 2.42. The van der Waals surface area contributed by atoms with Gasteiger partial charge >= 0.3 is 5.97 Å². The summed E-state index contributed by atoms with van der Waals surface area (Å²) in [5, 5.41) is 7.48. The molecule has 0 aliphatic carbocycles. The van der Waals surface area contributed by atoms with Gasteiger partial charge in [0, 0.05) is 91.3 Å². The molecule has 2 aliphatic rings. The van der Waals surface area contributed by atoms with Crippen LogP contribution in [0.2, 0.25) is 0 Å². The molecule has 5 aromatic rings. The summed E-state index contributed by atoms with van der Waals surface area (Å²) in [6.07, 6.45) is 6.74. The Morgan fingerprint density at radius 1 is 1.11 bits per heavy atom. The zero-order valence-electron chi connectivity index (χ0n) is 37.2. The summed E-state index contributed by atoms with van der Waals surface area (Å²) >= 11 is 1.39. The van der Waals surface area contributed by atoms with Gasteiger partial charge < -0.3 is 28.8 Å². The Bertz CT molecular complexity index is 2410. The molecule has 0 radical (unpaired) electrons. The average Bonchev–Trinajstić information content (AvgIpc) is 4.06. The molecule has 0 fully saturated rings. The topological polar surface area (TPSA) is 149 Å². The number of ether oxygens (including phenoxy) is 2. The number of halogens is 1. The first-order valence-electron chi connectivity index (χ1n) is 21.7. The van der Waals surface area contributed by atoms with Crippen molar-refractivity contribution in [1.29, 1.82) is 0 Å². The molecule has 1 unspecified atom stereocenters. The minimum absolute atomic E-state index is 0.0324. The first-order valence-corrected chi connectivity index (χ1v) is 22.6. The first-order chi connectivity index (χ1) is 29.7. The van der Waals surface area contributed by atoms with Crippen LogP contribution >= 0.6 is 11.3 Å². The van der Waals surface area contributed by atoms with Crippen LogP contribution in [-0.4, -0.2) is 86.3 Å². The normalized spacial score (nSPS) is 18.5. The van der Waals surface area contributed by atoms with E-state index in [1.807, 2.05) is 50.4 Å². The number of hydrogen-bond donors (Lipinski definition) is 2. The van der Waals surface area contributed by atoms with Gasteiger partial charge in [-0.05, 0) is 81.7 Å². The molecule has 0 spiro atoms. The zero-order chi connectivity index (χ0) is 44.3. The van der Waals surface area contributed by atoms with Crippen LogP contribution in [0.3, 0.4) is 0 Å². The van der Waals surface area contributed by atoms with Crippen LogP contribution in [0.5, 0.6) is 0 Å². The maximum Gasteiger partial charge on any atom is 0.305 e. The van der Waals surface area contributed by atoms with Crippen molar-refractivity contribution in [3.63, 3.8) is 0 Å². The van der Waals surface area contributed by atoms with E-state index in [9.17, 15) is 18.9 Å². The number of benzene rings is 1. The van der Waals surface area contributed by atoms with Crippen LogP contribution in [0.15, 0.2) is 48.1 Å². The molecule has 16 heteroatoms. The number of rotatable bonds is 10. The van der Waals surface area contributed by atoms with Crippen molar-refractivity contribution >= 4 is 46.0 Å². The lowest BCUT2D eigenvalue weighted by Gasteiger charge is -2.33. The number of anilines is 1. The molecule has 0 saturated carbocycles. The number of esters is 1. The van der Waals surface area contributed by atoms with Crippen LogP contribution in [0.4, 0.5) is 10.4 Å². The number of likely N-dealkylation sites (N-methyl/N-ethyl adjacent to an activating group) is 1. The molecule has 4 aromatic heterocycles. The van der Waals surface area contributed by atoms with Crippen molar-refractivity contribution in [1.82, 2.24) is 40.1 Å². The van der Waals surface area contributed by atoms with Gasteiger partial charge in [-0.2, -0.15) is 0 Å². The van der Waals surface area contributed by atoms with E-state index in [1.54, 1.807) is 19.0 Å². The maximum absolute atomic E-state index is 14.5. The molecule has 332 valence electrons. The van der Waals surface area contributed by atoms with E-state index in [4.69, 9.17) is 19.4 Å². The zero-order valence-corrected chi connectivity index (χ0v) is 38.0. The van der Waals surface area contributed by atoms with E-state index < -0.39 is 23.4 Å². The fraction of sp³-hybridized carbons (Fsp3) is 0.522. The molecular weight excluding hydrogens is 810 g/mol. The summed E-state index contributed by atoms with van der Waals surface area (Å²) in [5.41, 5.74) is 8.81. The lowest BCUT2D eigenvalue weighted by molar-refractivity contribution is -0.147. The number of pyridine rings is 1. The van der Waals surface area contributed by atoms with E-state index >= 15 is 0 Å². The van der Waals surface area contributed by atoms with Gasteiger partial charge in [0.05, 0.1) is 41.0 Å². The highest BCUT2D eigenvalue weighted by Gasteiger charge is 2.36. The molecule has 2 N–H and O–H groups in total. The van der Waals surface area contributed by atoms with Crippen LogP contribution in [0, 0.1) is 11.3 Å². The molecular formula is C46H60FN9O5S. The molecule has 2 amide bonds. The fourth-order valence-corrected chi connectivity index (χ4v) is 9.86. The number of aryl methyl sites for hydroxylation is 2. The van der Waals surface area contributed by atoms with Crippen LogP contribution in [-0.2, 0) is 56.2 Å². The third kappa shape index (κ3) is 9.27. The number of cyclic esters (lactones) is 1. The number of aromatic nitrogens is 5. The second kappa shape index (κ2) is 19.1. The molecule has 6 heterocycles. The number of hydrogen-bond acceptors (Lipinski definition) is 11. The molecule has 62 heavy (non-hydrogen) atoms. The molecule has 2 aliphatic heterocycles. The summed E-state index contributed by atoms with van der Waals surface area (Å²) in [6.45, 7) is 13.9. The standard InChI is InChI=1S/C46H60FN9O5S/c1-9-54-37-18-17-30-22-33(37)34(42(54)32-15-12-19-48-40(32)29(4)60-8)24-46(5,6)27-61-39(57)16-10-11-21-56(52-47)44(59)35(23-38-50-36(30)26-62-38)51-43(58)41(28(2)3)53(7)45-49-25-31-14-13-20-55(31)45/h12,15,17-19,22,25-26,28-29,35,41,52H,9-11,13-14,16,20-21,23-24,27H2,1-8H3,(H,51,58)/t29-,35-,41?/m0/s1. The highest BCUT2D eigenvalue weighted by molar-refractivity contribution is 7.10. The van der Waals surface area contributed by atoms with Crippen molar-refractivity contribution in [2.75, 3.05) is 32.2 Å². The Labute approximate surface area is 367 Å². The van der Waals surface area contributed by atoms with E-state index in [1.165, 1.54) is 11.3 Å². The highest BCUT2D eigenvalue weighted by atomic mass is 32.1. The number of carbonyl (C=O) groups is 3. The third-order valence-corrected chi connectivity index (χ3v) is 13.1. The number of nitrogens with one attached hydrogen (secondary N) is 2. The van der Waals surface area contributed by atoms with Crippen molar-refractivity contribution in [3.8, 4) is 22.5 Å². The summed E-state index contributed by atoms with van der Waals surface area (Å²) in [4.78, 5) is 58.1. The number of thiazole rings is 1. The number of methoxy groups -OCH3 is 1. The van der Waals surface area contributed by atoms with Gasteiger partial charge in [0.1, 0.15) is 12.1 Å². The maximum atomic E-state index is 14.5. The number of imidazole rings is 1. The van der Waals surface area contributed by atoms with Gasteiger partial charge in [-0.25, -0.2) is 15.0 Å². The van der Waals surface area contributed by atoms with Crippen molar-refractivity contribution in [2.24, 2.45) is 11.3 Å². The molecule has 14 nitrogen and oxygen atoms in total. The van der Waals surface area contributed by atoms with Crippen molar-refractivity contribution < 1.29 is 28.3 Å². The van der Waals surface area contributed by atoms with E-state index in [0.717, 1.165) is 69.1 Å². The number of hydrazine groups is 1. The SMILES string of the molecule is CCn1c(-c2cccnc2[C@H](C)OC)c2c3cc(ccc31)-c1csc(n1)C[C@H](NC(=O)C(C(C)C)N(C)c1ncc3n1CCC3)C(=O)N(NF)CCCCC(=O)OCC(C)(C)C2. The Kier molecular flexibility index (Phi) is 13.8. The number of carbonyl (C=O) groups excluding carboxylic acids is 3. The van der Waals surface area contributed by atoms with E-state index in [0.29, 0.717) is 42.5 Å². The quantitative estimate of drug-likeness (QED) is 0.108. The van der Waals surface area contributed by atoms with Crippen LogP contribution in [0.1, 0.15) is 95.3 Å². The molecule has 7 rings (SSSR count). The lowest BCUT2D eigenvalue weighted by atomic mass is 9.84. The fourth-order valence-electron chi connectivity index (χ4n) is 9.01. The van der Waals surface area contributed by atoms with Crippen molar-refractivity contribution in [2.45, 2.75) is 118 Å². The summed E-state index contributed by atoms with van der Waals surface area (Å²) in [5.74, 6) is -0.853. The average molecular weight is 870 g/mol. The van der Waals surface area contributed by atoms with Crippen LogP contribution < -0.4 is 15.9 Å². The molecule has 1 aromatic carbocycles. The summed E-state index contributed by atoms with van der Waals surface area (Å²) < 4.78 is 30.7. The monoisotopic (exact) mass is 869 g/mol. The predicted octanol–water partition coefficient (Wildman–Crippen LogP) is 7.40. The Hall–Kier alpha value is -5.19. The van der Waals surface area contributed by atoms with Gasteiger partial charge in [0.25, 0.3) is 5.91 Å². The number of nitrogens with zero attached hydrogens (tertiary/aromatic N) is 7. The van der Waals surface area contributed by atoms with E-state index in [-0.39, 0.29) is 49.9 Å². The second-order valence-corrected chi connectivity index (χ2v) is 18.6. The molecule has 4 bridgehead atoms. The molecule has 3 atom stereocenters. The van der Waals surface area contributed by atoms with Gasteiger partial charge in [0.15, 0.2) is 0 Å². The summed E-state index contributed by atoms with van der Waals surface area (Å²) in [6, 6.07) is 8.54. The lowest BCUT2D eigenvalue weighted by Crippen LogP contribution is -2.57. The molecule has 0 saturated heterocycles. The first kappa shape index (κ1) is 44.9. The second-order valence-electron chi connectivity index (χ2n) is 17.6. The minimum atomic E-state index is -1.15. The predicted molar refractivity (Wildman–Crippen MR) is 239 cm³/mol. The number of fused-ring (bicyclic) bond motifs is 5. The minimum Gasteiger partial charge on any atom is -0.465 e. The van der Waals surface area contributed by atoms with Gasteiger partial charge in [-0.3, -0.25) is 19.4 Å². The summed E-state index contributed by atoms with van der Waals surface area (Å²) in [7, 11) is 3.53. The van der Waals surface area contributed by atoms with Crippen LogP contribution in [0.25, 0.3) is 33.4 Å².